The fourth-order valence-corrected chi connectivity index (χ4v) is 3.54. The molecule has 0 saturated carbocycles. The van der Waals surface area contributed by atoms with Gasteiger partial charge in [-0.1, -0.05) is 11.3 Å². The second kappa shape index (κ2) is 4.67. The van der Waals surface area contributed by atoms with Gasteiger partial charge in [0.25, 0.3) is 0 Å². The van der Waals surface area contributed by atoms with Gasteiger partial charge in [-0.05, 0) is 13.8 Å². The molecule has 0 unspecified atom stereocenters. The number of aromatic amines is 2. The number of rotatable bonds is 4. The number of sulfonamides is 1. The molecule has 0 fully saturated rings. The van der Waals surface area contributed by atoms with Gasteiger partial charge in [-0.3, -0.25) is 9.89 Å². The van der Waals surface area contributed by atoms with Gasteiger partial charge in [-0.25, -0.2) is 13.1 Å². The van der Waals surface area contributed by atoms with E-state index in [1.165, 1.54) is 0 Å². The van der Waals surface area contributed by atoms with Gasteiger partial charge in [-0.15, -0.1) is 0 Å². The molecule has 18 heavy (non-hydrogen) atoms. The Morgan fingerprint density at radius 1 is 1.44 bits per heavy atom. The zero-order chi connectivity index (χ0) is 13.3. The molecule has 0 amide bonds. The summed E-state index contributed by atoms with van der Waals surface area (Å²) in [5.74, 6) is 0. The minimum atomic E-state index is -3.63. The van der Waals surface area contributed by atoms with Crippen molar-refractivity contribution in [3.05, 3.63) is 32.1 Å². The highest BCUT2D eigenvalue weighted by Crippen LogP contribution is 2.16. The SMILES string of the molecule is Cc1n[nH]c(C)c1S(=O)(=O)NCc1csc(=O)[nH]1. The third kappa shape index (κ3) is 2.52. The second-order valence-electron chi connectivity index (χ2n) is 3.76. The van der Waals surface area contributed by atoms with Crippen LogP contribution in [0.3, 0.4) is 0 Å². The van der Waals surface area contributed by atoms with E-state index in [1.807, 2.05) is 0 Å². The zero-order valence-electron chi connectivity index (χ0n) is 9.77. The topological polar surface area (TPSA) is 108 Å². The first-order valence-electron chi connectivity index (χ1n) is 5.08. The van der Waals surface area contributed by atoms with Crippen LogP contribution in [0, 0.1) is 13.8 Å². The Balaban J connectivity index is 2.20. The van der Waals surface area contributed by atoms with E-state index in [4.69, 9.17) is 0 Å². The molecule has 0 spiro atoms. The quantitative estimate of drug-likeness (QED) is 0.749. The molecular weight excluding hydrogens is 276 g/mol. The maximum atomic E-state index is 12.1. The van der Waals surface area contributed by atoms with Gasteiger partial charge >= 0.3 is 4.87 Å². The Kier molecular flexibility index (Phi) is 3.37. The highest BCUT2D eigenvalue weighted by Gasteiger charge is 2.21. The van der Waals surface area contributed by atoms with Gasteiger partial charge in [0.1, 0.15) is 4.90 Å². The van der Waals surface area contributed by atoms with Crippen molar-refractivity contribution in [1.82, 2.24) is 19.9 Å². The van der Waals surface area contributed by atoms with E-state index in [2.05, 4.69) is 19.9 Å². The number of nitrogens with zero attached hydrogens (tertiary/aromatic N) is 1. The van der Waals surface area contributed by atoms with E-state index < -0.39 is 10.0 Å². The van der Waals surface area contributed by atoms with Crippen molar-refractivity contribution in [3.8, 4) is 0 Å². The Labute approximate surface area is 107 Å². The predicted molar refractivity (Wildman–Crippen MR) is 67.0 cm³/mol. The molecule has 0 saturated heterocycles. The van der Waals surface area contributed by atoms with Crippen molar-refractivity contribution in [2.24, 2.45) is 0 Å². The summed E-state index contributed by atoms with van der Waals surface area (Å²) in [5, 5.41) is 8.05. The van der Waals surface area contributed by atoms with E-state index in [9.17, 15) is 13.2 Å². The van der Waals surface area contributed by atoms with Crippen molar-refractivity contribution in [3.63, 3.8) is 0 Å². The van der Waals surface area contributed by atoms with Gasteiger partial charge in [0, 0.05) is 11.1 Å². The largest absolute Gasteiger partial charge is 0.315 e. The van der Waals surface area contributed by atoms with Crippen molar-refractivity contribution in [2.75, 3.05) is 0 Å². The first-order chi connectivity index (χ1) is 8.40. The van der Waals surface area contributed by atoms with E-state index in [0.29, 0.717) is 17.1 Å². The van der Waals surface area contributed by atoms with E-state index >= 15 is 0 Å². The summed E-state index contributed by atoms with van der Waals surface area (Å²) in [6.07, 6.45) is 0. The highest BCUT2D eigenvalue weighted by molar-refractivity contribution is 7.89. The summed E-state index contributed by atoms with van der Waals surface area (Å²) in [7, 11) is -3.63. The van der Waals surface area contributed by atoms with Crippen LogP contribution in [0.4, 0.5) is 0 Å². The van der Waals surface area contributed by atoms with Gasteiger partial charge in [0.2, 0.25) is 10.0 Å². The normalized spacial score (nSPS) is 11.9. The van der Waals surface area contributed by atoms with Gasteiger partial charge in [-0.2, -0.15) is 5.10 Å². The van der Waals surface area contributed by atoms with Crippen LogP contribution in [0.2, 0.25) is 0 Å². The summed E-state index contributed by atoms with van der Waals surface area (Å²) in [6.45, 7) is 3.30. The number of hydrogen-bond donors (Lipinski definition) is 3. The third-order valence-electron chi connectivity index (χ3n) is 2.35. The van der Waals surface area contributed by atoms with Gasteiger partial charge < -0.3 is 4.98 Å². The summed E-state index contributed by atoms with van der Waals surface area (Å²) in [5.41, 5.74) is 1.44. The Morgan fingerprint density at radius 3 is 2.67 bits per heavy atom. The van der Waals surface area contributed by atoms with Crippen molar-refractivity contribution in [1.29, 1.82) is 0 Å². The fraction of sp³-hybridized carbons (Fsp3) is 0.333. The Morgan fingerprint density at radius 2 is 2.17 bits per heavy atom. The highest BCUT2D eigenvalue weighted by atomic mass is 32.2. The first-order valence-corrected chi connectivity index (χ1v) is 7.44. The zero-order valence-corrected chi connectivity index (χ0v) is 11.4. The number of nitrogens with one attached hydrogen (secondary N) is 3. The monoisotopic (exact) mass is 288 g/mol. The smallest absolute Gasteiger partial charge is 0.304 e. The van der Waals surface area contributed by atoms with E-state index in [-0.39, 0.29) is 16.3 Å². The lowest BCUT2D eigenvalue weighted by Gasteiger charge is -2.05. The summed E-state index contributed by atoms with van der Waals surface area (Å²) in [4.78, 5) is 13.4. The molecule has 2 aromatic rings. The molecule has 0 aliphatic heterocycles. The molecule has 7 nitrogen and oxygen atoms in total. The molecule has 0 radical (unpaired) electrons. The van der Waals surface area contributed by atoms with Crippen molar-refractivity contribution in [2.45, 2.75) is 25.3 Å². The Hall–Kier alpha value is -1.45. The first kappa shape index (κ1) is 13.0. The van der Waals surface area contributed by atoms with Crippen LogP contribution in [-0.2, 0) is 16.6 Å². The molecule has 2 heterocycles. The molecule has 0 aliphatic rings. The van der Waals surface area contributed by atoms with Crippen LogP contribution in [0.15, 0.2) is 15.1 Å². The van der Waals surface area contributed by atoms with Crippen LogP contribution in [0.5, 0.6) is 0 Å². The maximum absolute atomic E-state index is 12.1. The number of thiazole rings is 1. The molecule has 0 aromatic carbocycles. The molecular formula is C9H12N4O3S2. The van der Waals surface area contributed by atoms with Crippen LogP contribution < -0.4 is 9.60 Å². The molecule has 0 bridgehead atoms. The van der Waals surface area contributed by atoms with Gasteiger partial charge in [0.15, 0.2) is 0 Å². The van der Waals surface area contributed by atoms with Crippen LogP contribution >= 0.6 is 11.3 Å². The lowest BCUT2D eigenvalue weighted by molar-refractivity contribution is 0.579. The van der Waals surface area contributed by atoms with Gasteiger partial charge in [0.05, 0.1) is 17.9 Å². The number of H-pyrrole nitrogens is 2. The molecule has 2 rings (SSSR count). The summed E-state index contributed by atoms with van der Waals surface area (Å²) < 4.78 is 26.5. The minimum Gasteiger partial charge on any atom is -0.315 e. The average Bonchev–Trinajstić information content (AvgIpc) is 2.83. The molecule has 0 aliphatic carbocycles. The lowest BCUT2D eigenvalue weighted by Crippen LogP contribution is -2.24. The third-order valence-corrected chi connectivity index (χ3v) is 4.73. The maximum Gasteiger partial charge on any atom is 0.304 e. The molecule has 9 heteroatoms. The fourth-order valence-electron chi connectivity index (χ4n) is 1.58. The van der Waals surface area contributed by atoms with Crippen molar-refractivity contribution < 1.29 is 8.42 Å². The molecule has 2 aromatic heterocycles. The number of aromatic nitrogens is 3. The van der Waals surface area contributed by atoms with E-state index in [0.717, 1.165) is 11.3 Å². The molecule has 0 atom stereocenters. The van der Waals surface area contributed by atoms with Crippen LogP contribution in [-0.4, -0.2) is 23.6 Å². The van der Waals surface area contributed by atoms with E-state index in [1.54, 1.807) is 19.2 Å². The Bertz CT molecular complexity index is 691. The molecule has 98 valence electrons. The van der Waals surface area contributed by atoms with Crippen LogP contribution in [0.1, 0.15) is 17.1 Å². The number of aryl methyl sites for hydroxylation is 2. The van der Waals surface area contributed by atoms with Crippen molar-refractivity contribution >= 4 is 21.4 Å². The molecule has 3 N–H and O–H groups in total. The summed E-state index contributed by atoms with van der Waals surface area (Å²) >= 11 is 0.994. The second-order valence-corrected chi connectivity index (χ2v) is 6.31. The number of hydrogen-bond acceptors (Lipinski definition) is 5. The van der Waals surface area contributed by atoms with Crippen LogP contribution in [0.25, 0.3) is 0 Å². The standard InChI is InChI=1S/C9H12N4O3S2/c1-5-8(6(2)13-12-5)18(15,16)10-3-7-4-17-9(14)11-7/h4,10H,3H2,1-2H3,(H,11,14)(H,12,13). The summed E-state index contributed by atoms with van der Waals surface area (Å²) in [6, 6.07) is 0. The minimum absolute atomic E-state index is 0.0468. The average molecular weight is 288 g/mol. The predicted octanol–water partition coefficient (Wildman–Crippen LogP) is 0.255. The lowest BCUT2D eigenvalue weighted by atomic mass is 10.4.